The van der Waals surface area contributed by atoms with E-state index in [0.29, 0.717) is 11.5 Å². The van der Waals surface area contributed by atoms with Gasteiger partial charge < -0.3 is 9.80 Å². The molecule has 0 saturated carbocycles. The van der Waals surface area contributed by atoms with Crippen LogP contribution in [0.2, 0.25) is 0 Å². The van der Waals surface area contributed by atoms with Crippen molar-refractivity contribution in [2.75, 3.05) is 36.0 Å². The predicted molar refractivity (Wildman–Crippen MR) is 134 cm³/mol. The number of halogens is 1. The molecular formula is C24H25BrN6O2. The summed E-state index contributed by atoms with van der Waals surface area (Å²) in [5.41, 5.74) is 4.94. The van der Waals surface area contributed by atoms with Gasteiger partial charge in [0.15, 0.2) is 0 Å². The molecule has 2 aromatic carbocycles. The van der Waals surface area contributed by atoms with Crippen LogP contribution in [0.1, 0.15) is 12.5 Å². The molecule has 3 aromatic rings. The van der Waals surface area contributed by atoms with Crippen LogP contribution >= 0.6 is 15.9 Å². The van der Waals surface area contributed by atoms with Crippen LogP contribution in [0.5, 0.6) is 0 Å². The Morgan fingerprint density at radius 2 is 1.64 bits per heavy atom. The molecule has 1 aromatic heterocycles. The second kappa shape index (κ2) is 10.4. The number of para-hydroxylation sites is 1. The van der Waals surface area contributed by atoms with E-state index in [1.165, 1.54) is 16.4 Å². The fourth-order valence-corrected chi connectivity index (χ4v) is 3.89. The van der Waals surface area contributed by atoms with Crippen LogP contribution < -0.4 is 20.8 Å². The van der Waals surface area contributed by atoms with Gasteiger partial charge >= 0.3 is 0 Å². The van der Waals surface area contributed by atoms with Gasteiger partial charge in [-0.15, -0.1) is 0 Å². The Kier molecular flexibility index (Phi) is 7.19. The number of amides is 1. The number of aromatic nitrogens is 2. The fraction of sp³-hybridized carbons (Fsp3) is 0.250. The normalized spacial score (nSPS) is 14.3. The Bertz CT molecular complexity index is 1190. The number of hydrazone groups is 1. The standard InChI is InChI=1S/C24H25BrN6O2/c1-18(19-7-9-20(25)10-8-19)26-27-23(32)17-31-24(33)12-11-22(28-31)30-15-13-29(14-16-30)21-5-3-2-4-6-21/h2-12H,13-17H2,1H3,(H,27,32)/b26-18+. The number of piperazine rings is 1. The Hall–Kier alpha value is -3.46. The molecule has 9 heteroatoms. The largest absolute Gasteiger partial charge is 0.368 e. The van der Waals surface area contributed by atoms with Gasteiger partial charge in [-0.25, -0.2) is 10.1 Å². The van der Waals surface area contributed by atoms with Crippen LogP contribution in [-0.2, 0) is 11.3 Å². The Balaban J connectivity index is 1.37. The molecule has 0 spiro atoms. The third kappa shape index (κ3) is 5.87. The maximum absolute atomic E-state index is 12.4. The maximum Gasteiger partial charge on any atom is 0.267 e. The minimum atomic E-state index is -0.410. The molecule has 1 amide bonds. The van der Waals surface area contributed by atoms with Crippen molar-refractivity contribution in [3.8, 4) is 0 Å². The van der Waals surface area contributed by atoms with E-state index in [0.717, 1.165) is 36.2 Å². The molecule has 170 valence electrons. The minimum Gasteiger partial charge on any atom is -0.368 e. The summed E-state index contributed by atoms with van der Waals surface area (Å²) in [6, 6.07) is 21.1. The molecule has 0 aliphatic carbocycles. The summed E-state index contributed by atoms with van der Waals surface area (Å²) in [6.45, 7) is 4.88. The minimum absolute atomic E-state index is 0.201. The molecule has 0 radical (unpaired) electrons. The molecule has 4 rings (SSSR count). The van der Waals surface area contributed by atoms with E-state index in [9.17, 15) is 9.59 Å². The second-order valence-corrected chi connectivity index (χ2v) is 8.65. The molecule has 1 aliphatic heterocycles. The van der Waals surface area contributed by atoms with Crippen molar-refractivity contribution in [2.24, 2.45) is 5.10 Å². The van der Waals surface area contributed by atoms with E-state index in [2.05, 4.69) is 53.5 Å². The van der Waals surface area contributed by atoms with Crippen LogP contribution in [0, 0.1) is 0 Å². The van der Waals surface area contributed by atoms with Crippen LogP contribution in [0.15, 0.2) is 81.1 Å². The third-order valence-corrected chi connectivity index (χ3v) is 6.01. The van der Waals surface area contributed by atoms with E-state index in [4.69, 9.17) is 0 Å². The molecule has 0 bridgehead atoms. The van der Waals surface area contributed by atoms with Gasteiger partial charge in [0.2, 0.25) is 0 Å². The van der Waals surface area contributed by atoms with Gasteiger partial charge in [-0.05, 0) is 42.8 Å². The summed E-state index contributed by atoms with van der Waals surface area (Å²) in [5.74, 6) is 0.275. The zero-order valence-corrected chi connectivity index (χ0v) is 19.9. The molecule has 1 aliphatic rings. The Morgan fingerprint density at radius 3 is 2.33 bits per heavy atom. The van der Waals surface area contributed by atoms with Gasteiger partial charge in [0, 0.05) is 42.4 Å². The summed E-state index contributed by atoms with van der Waals surface area (Å²) in [6.07, 6.45) is 0. The zero-order chi connectivity index (χ0) is 23.2. The van der Waals surface area contributed by atoms with E-state index in [1.807, 2.05) is 49.4 Å². The maximum atomic E-state index is 12.4. The van der Waals surface area contributed by atoms with Crippen molar-refractivity contribution in [3.63, 3.8) is 0 Å². The van der Waals surface area contributed by atoms with Gasteiger partial charge in [0.25, 0.3) is 11.5 Å². The number of carbonyl (C=O) groups excluding carboxylic acids is 1. The number of carbonyl (C=O) groups is 1. The van der Waals surface area contributed by atoms with Gasteiger partial charge in [0.05, 0.1) is 5.71 Å². The molecule has 33 heavy (non-hydrogen) atoms. The number of nitrogens with one attached hydrogen (secondary N) is 1. The second-order valence-electron chi connectivity index (χ2n) is 7.74. The van der Waals surface area contributed by atoms with Crippen molar-refractivity contribution < 1.29 is 4.79 Å². The first kappa shape index (κ1) is 22.7. The van der Waals surface area contributed by atoms with E-state index < -0.39 is 5.91 Å². The summed E-state index contributed by atoms with van der Waals surface area (Å²) in [7, 11) is 0. The topological polar surface area (TPSA) is 82.8 Å². The van der Waals surface area contributed by atoms with Gasteiger partial charge in [-0.2, -0.15) is 10.2 Å². The van der Waals surface area contributed by atoms with Crippen molar-refractivity contribution >= 4 is 39.1 Å². The lowest BCUT2D eigenvalue weighted by Crippen LogP contribution is -2.47. The average Bonchev–Trinajstić information content (AvgIpc) is 2.85. The third-order valence-electron chi connectivity index (χ3n) is 5.48. The summed E-state index contributed by atoms with van der Waals surface area (Å²) < 4.78 is 2.15. The van der Waals surface area contributed by atoms with Crippen molar-refractivity contribution in [1.29, 1.82) is 0 Å². The zero-order valence-electron chi connectivity index (χ0n) is 18.3. The van der Waals surface area contributed by atoms with Gasteiger partial charge in [0.1, 0.15) is 12.4 Å². The highest BCUT2D eigenvalue weighted by Gasteiger charge is 2.19. The smallest absolute Gasteiger partial charge is 0.267 e. The molecule has 0 atom stereocenters. The Morgan fingerprint density at radius 1 is 0.970 bits per heavy atom. The molecule has 2 heterocycles. The number of nitrogens with zero attached hydrogens (tertiary/aromatic N) is 5. The quantitative estimate of drug-likeness (QED) is 0.408. The predicted octanol–water partition coefficient (Wildman–Crippen LogP) is 2.87. The van der Waals surface area contributed by atoms with Crippen LogP contribution in [0.25, 0.3) is 0 Å². The van der Waals surface area contributed by atoms with Gasteiger partial charge in [-0.1, -0.05) is 46.3 Å². The van der Waals surface area contributed by atoms with Crippen LogP contribution in [0.4, 0.5) is 11.5 Å². The molecule has 1 N–H and O–H groups in total. The first-order valence-electron chi connectivity index (χ1n) is 10.7. The average molecular weight is 509 g/mol. The number of hydrogen-bond donors (Lipinski definition) is 1. The monoisotopic (exact) mass is 508 g/mol. The summed E-state index contributed by atoms with van der Waals surface area (Å²) in [4.78, 5) is 29.1. The fourth-order valence-electron chi connectivity index (χ4n) is 3.63. The SMILES string of the molecule is C/C(=N\NC(=O)Cn1nc(N2CCN(c3ccccc3)CC2)ccc1=O)c1ccc(Br)cc1. The van der Waals surface area contributed by atoms with Crippen LogP contribution in [-0.4, -0.2) is 47.6 Å². The van der Waals surface area contributed by atoms with E-state index in [1.54, 1.807) is 6.07 Å². The lowest BCUT2D eigenvalue weighted by molar-refractivity contribution is -0.121. The Labute approximate surface area is 200 Å². The van der Waals surface area contributed by atoms with E-state index >= 15 is 0 Å². The highest BCUT2D eigenvalue weighted by Crippen LogP contribution is 2.18. The number of anilines is 2. The van der Waals surface area contributed by atoms with Gasteiger partial charge in [-0.3, -0.25) is 9.59 Å². The molecule has 1 fully saturated rings. The molecule has 0 unspecified atom stereocenters. The first-order chi connectivity index (χ1) is 16.0. The molecule has 1 saturated heterocycles. The molecular weight excluding hydrogens is 484 g/mol. The van der Waals surface area contributed by atoms with Crippen molar-refractivity contribution in [3.05, 3.63) is 87.1 Å². The lowest BCUT2D eigenvalue weighted by Gasteiger charge is -2.36. The molecule has 8 nitrogen and oxygen atoms in total. The summed E-state index contributed by atoms with van der Waals surface area (Å²) in [5, 5.41) is 8.57. The van der Waals surface area contributed by atoms with Crippen LogP contribution in [0.3, 0.4) is 0 Å². The number of rotatable bonds is 6. The number of benzene rings is 2. The van der Waals surface area contributed by atoms with E-state index in [-0.39, 0.29) is 12.1 Å². The first-order valence-corrected chi connectivity index (χ1v) is 11.5. The summed E-state index contributed by atoms with van der Waals surface area (Å²) >= 11 is 3.39. The highest BCUT2D eigenvalue weighted by atomic mass is 79.9. The number of hydrogen-bond acceptors (Lipinski definition) is 6. The van der Waals surface area contributed by atoms with Crippen molar-refractivity contribution in [2.45, 2.75) is 13.5 Å². The highest BCUT2D eigenvalue weighted by molar-refractivity contribution is 9.10. The van der Waals surface area contributed by atoms with Crippen molar-refractivity contribution in [1.82, 2.24) is 15.2 Å². The lowest BCUT2D eigenvalue weighted by atomic mass is 10.1.